The summed E-state index contributed by atoms with van der Waals surface area (Å²) in [7, 11) is 0. The Morgan fingerprint density at radius 3 is 2.71 bits per heavy atom. The summed E-state index contributed by atoms with van der Waals surface area (Å²) >= 11 is 0. The molecule has 1 aliphatic heterocycles. The van der Waals surface area contributed by atoms with E-state index in [9.17, 15) is 9.18 Å². The molecular formula is C18H20ClFN2O2. The van der Waals surface area contributed by atoms with Crippen molar-refractivity contribution in [2.75, 3.05) is 23.8 Å². The minimum atomic E-state index is -0.309. The fraction of sp³-hybridized carbons (Fsp3) is 0.278. The molecule has 0 spiro atoms. The summed E-state index contributed by atoms with van der Waals surface area (Å²) in [5, 5.41) is 0. The van der Waals surface area contributed by atoms with Crippen LogP contribution in [-0.2, 0) is 11.2 Å². The number of nitrogens with two attached hydrogens (primary N) is 1. The van der Waals surface area contributed by atoms with Crippen molar-refractivity contribution in [2.24, 2.45) is 0 Å². The summed E-state index contributed by atoms with van der Waals surface area (Å²) in [5.41, 5.74) is 8.69. The number of carbonyl (C=O) groups excluding carboxylic acids is 1. The zero-order valence-corrected chi connectivity index (χ0v) is 14.0. The topological polar surface area (TPSA) is 55.6 Å². The lowest BCUT2D eigenvalue weighted by molar-refractivity contribution is -0.119. The summed E-state index contributed by atoms with van der Waals surface area (Å²) < 4.78 is 18.3. The molecular weight excluding hydrogens is 331 g/mol. The Morgan fingerprint density at radius 1 is 1.21 bits per heavy atom. The number of amides is 1. The number of carbonyl (C=O) groups is 1. The van der Waals surface area contributed by atoms with Gasteiger partial charge in [0.1, 0.15) is 11.6 Å². The fourth-order valence-corrected chi connectivity index (χ4v) is 2.83. The number of ether oxygens (including phenoxy) is 1. The predicted octanol–water partition coefficient (Wildman–Crippen LogP) is 3.58. The number of hydrogen-bond acceptors (Lipinski definition) is 3. The van der Waals surface area contributed by atoms with Crippen LogP contribution in [0.3, 0.4) is 0 Å². The number of anilines is 2. The smallest absolute Gasteiger partial charge is 0.230 e. The van der Waals surface area contributed by atoms with E-state index in [2.05, 4.69) is 0 Å². The van der Waals surface area contributed by atoms with E-state index in [1.54, 1.807) is 17.0 Å². The highest BCUT2D eigenvalue weighted by Gasteiger charge is 2.23. The second kappa shape index (κ2) is 8.02. The van der Waals surface area contributed by atoms with Gasteiger partial charge in [0.15, 0.2) is 0 Å². The molecule has 2 N–H and O–H groups in total. The molecule has 4 nitrogen and oxygen atoms in total. The van der Waals surface area contributed by atoms with Crippen LogP contribution in [0.15, 0.2) is 42.5 Å². The van der Waals surface area contributed by atoms with Gasteiger partial charge in [-0.25, -0.2) is 4.39 Å². The molecule has 0 fully saturated rings. The van der Waals surface area contributed by atoms with Crippen molar-refractivity contribution in [1.29, 1.82) is 0 Å². The third kappa shape index (κ3) is 3.97. The van der Waals surface area contributed by atoms with Crippen molar-refractivity contribution < 1.29 is 13.9 Å². The molecule has 0 saturated carbocycles. The number of halogens is 2. The van der Waals surface area contributed by atoms with Crippen LogP contribution in [0.1, 0.15) is 18.4 Å². The van der Waals surface area contributed by atoms with Crippen LogP contribution < -0.4 is 15.4 Å². The molecule has 2 aromatic carbocycles. The summed E-state index contributed by atoms with van der Waals surface area (Å²) in [6.07, 6.45) is 2.08. The average Bonchev–Trinajstić information content (AvgIpc) is 2.56. The summed E-state index contributed by atoms with van der Waals surface area (Å²) in [6, 6.07) is 11.4. The van der Waals surface area contributed by atoms with Crippen LogP contribution in [0.4, 0.5) is 15.8 Å². The molecule has 0 aliphatic carbocycles. The average molecular weight is 351 g/mol. The monoisotopic (exact) mass is 350 g/mol. The van der Waals surface area contributed by atoms with Gasteiger partial charge in [0.05, 0.1) is 13.0 Å². The Bertz CT molecular complexity index is 707. The van der Waals surface area contributed by atoms with Crippen molar-refractivity contribution in [3.8, 4) is 5.75 Å². The molecule has 1 heterocycles. The van der Waals surface area contributed by atoms with Gasteiger partial charge in [-0.3, -0.25) is 4.79 Å². The van der Waals surface area contributed by atoms with E-state index < -0.39 is 0 Å². The largest absolute Gasteiger partial charge is 0.493 e. The number of fused-ring (bicyclic) bond motifs is 1. The Labute approximate surface area is 146 Å². The third-order valence-electron chi connectivity index (χ3n) is 3.99. The van der Waals surface area contributed by atoms with Crippen molar-refractivity contribution in [3.63, 3.8) is 0 Å². The van der Waals surface area contributed by atoms with E-state index in [0.717, 1.165) is 29.8 Å². The standard InChI is InChI=1S/C18H19FN2O2.ClH/c19-13-6-8-14(9-7-13)23-12-10-18(22)21-11-2-3-15-16(20)4-1-5-17(15)21;/h1,4-9H,2-3,10-12,20H2;1H. The molecule has 6 heteroatoms. The Kier molecular flexibility index (Phi) is 6.04. The summed E-state index contributed by atoms with van der Waals surface area (Å²) in [6.45, 7) is 0.963. The predicted molar refractivity (Wildman–Crippen MR) is 95.3 cm³/mol. The van der Waals surface area contributed by atoms with Gasteiger partial charge in [0.2, 0.25) is 5.91 Å². The van der Waals surface area contributed by atoms with Crippen LogP contribution in [0.5, 0.6) is 5.75 Å². The molecule has 0 saturated heterocycles. The van der Waals surface area contributed by atoms with Crippen molar-refractivity contribution in [2.45, 2.75) is 19.3 Å². The van der Waals surface area contributed by atoms with Crippen molar-refractivity contribution in [1.82, 2.24) is 0 Å². The summed E-state index contributed by atoms with van der Waals surface area (Å²) in [4.78, 5) is 14.2. The van der Waals surface area contributed by atoms with Crippen LogP contribution in [0.2, 0.25) is 0 Å². The molecule has 1 amide bonds. The fourth-order valence-electron chi connectivity index (χ4n) is 2.83. The second-order valence-corrected chi connectivity index (χ2v) is 5.55. The van der Waals surface area contributed by atoms with E-state index in [1.165, 1.54) is 12.1 Å². The maximum absolute atomic E-state index is 12.8. The molecule has 0 unspecified atom stereocenters. The Morgan fingerprint density at radius 2 is 1.96 bits per heavy atom. The third-order valence-corrected chi connectivity index (χ3v) is 3.99. The van der Waals surface area contributed by atoms with Crippen molar-refractivity contribution in [3.05, 3.63) is 53.8 Å². The molecule has 1 aliphatic rings. The van der Waals surface area contributed by atoms with Gasteiger partial charge in [0, 0.05) is 17.9 Å². The molecule has 0 aromatic heterocycles. The molecule has 0 atom stereocenters. The van der Waals surface area contributed by atoms with E-state index in [1.807, 2.05) is 18.2 Å². The van der Waals surface area contributed by atoms with Crippen LogP contribution >= 0.6 is 12.4 Å². The van der Waals surface area contributed by atoms with E-state index >= 15 is 0 Å². The number of nitrogens with zero attached hydrogens (tertiary/aromatic N) is 1. The highest BCUT2D eigenvalue weighted by Crippen LogP contribution is 2.31. The molecule has 0 bridgehead atoms. The first-order valence-corrected chi connectivity index (χ1v) is 7.71. The first kappa shape index (κ1) is 18.1. The van der Waals surface area contributed by atoms with Crippen LogP contribution in [0.25, 0.3) is 0 Å². The van der Waals surface area contributed by atoms with Gasteiger partial charge >= 0.3 is 0 Å². The molecule has 2 aromatic rings. The minimum Gasteiger partial charge on any atom is -0.493 e. The first-order chi connectivity index (χ1) is 11.1. The maximum Gasteiger partial charge on any atom is 0.230 e. The summed E-state index contributed by atoms with van der Waals surface area (Å²) in [5.74, 6) is 0.261. The minimum absolute atomic E-state index is 0. The molecule has 3 rings (SSSR count). The lowest BCUT2D eigenvalue weighted by Crippen LogP contribution is -2.36. The Balaban J connectivity index is 0.00000208. The van der Waals surface area contributed by atoms with Gasteiger partial charge in [-0.2, -0.15) is 0 Å². The zero-order valence-electron chi connectivity index (χ0n) is 13.2. The Hall–Kier alpha value is -2.27. The normalized spacial score (nSPS) is 13.0. The second-order valence-electron chi connectivity index (χ2n) is 5.55. The quantitative estimate of drug-likeness (QED) is 0.857. The highest BCUT2D eigenvalue weighted by molar-refractivity contribution is 5.95. The number of nitrogen functional groups attached to an aromatic ring is 1. The van der Waals surface area contributed by atoms with Gasteiger partial charge < -0.3 is 15.4 Å². The van der Waals surface area contributed by atoms with E-state index in [-0.39, 0.29) is 37.2 Å². The molecule has 128 valence electrons. The molecule has 0 radical (unpaired) electrons. The van der Waals surface area contributed by atoms with Crippen LogP contribution in [-0.4, -0.2) is 19.1 Å². The van der Waals surface area contributed by atoms with Gasteiger partial charge in [0.25, 0.3) is 0 Å². The highest BCUT2D eigenvalue weighted by atomic mass is 35.5. The number of rotatable bonds is 4. The molecule has 24 heavy (non-hydrogen) atoms. The van der Waals surface area contributed by atoms with E-state index in [4.69, 9.17) is 10.5 Å². The van der Waals surface area contributed by atoms with Gasteiger partial charge in [-0.05, 0) is 54.8 Å². The van der Waals surface area contributed by atoms with Crippen molar-refractivity contribution >= 4 is 29.7 Å². The van der Waals surface area contributed by atoms with Gasteiger partial charge in [-0.1, -0.05) is 6.07 Å². The SMILES string of the molecule is Cl.Nc1cccc2c1CCCN2C(=O)CCOc1ccc(F)cc1. The number of benzene rings is 2. The first-order valence-electron chi connectivity index (χ1n) is 7.71. The zero-order chi connectivity index (χ0) is 16.2. The van der Waals surface area contributed by atoms with E-state index in [0.29, 0.717) is 12.3 Å². The number of hydrogen-bond donors (Lipinski definition) is 1. The maximum atomic E-state index is 12.8. The lowest BCUT2D eigenvalue weighted by Gasteiger charge is -2.30. The van der Waals surface area contributed by atoms with Gasteiger partial charge in [-0.15, -0.1) is 12.4 Å². The lowest BCUT2D eigenvalue weighted by atomic mass is 9.99. The van der Waals surface area contributed by atoms with Crippen LogP contribution in [0, 0.1) is 5.82 Å².